The van der Waals surface area contributed by atoms with Crippen LogP contribution >= 0.6 is 0 Å². The van der Waals surface area contributed by atoms with Gasteiger partial charge in [0.25, 0.3) is 5.69 Å². The molecule has 0 heterocycles. The minimum absolute atomic E-state index is 0.0595. The summed E-state index contributed by atoms with van der Waals surface area (Å²) >= 11 is 0. The van der Waals surface area contributed by atoms with Crippen LogP contribution in [0.4, 0.5) is 15.8 Å². The Morgan fingerprint density at radius 3 is 2.70 bits per heavy atom. The number of nitrogens with zero attached hydrogens (tertiary/aromatic N) is 1. The number of para-hydroxylation sites is 1. The average molecular weight is 274 g/mol. The van der Waals surface area contributed by atoms with Crippen LogP contribution in [0, 0.1) is 22.9 Å². The van der Waals surface area contributed by atoms with Crippen LogP contribution in [-0.2, 0) is 6.42 Å². The van der Waals surface area contributed by atoms with Gasteiger partial charge in [-0.25, -0.2) is 4.39 Å². The van der Waals surface area contributed by atoms with Crippen LogP contribution < -0.4 is 5.32 Å². The van der Waals surface area contributed by atoms with Gasteiger partial charge < -0.3 is 5.32 Å². The number of benzene rings is 2. The second-order valence-electron chi connectivity index (χ2n) is 4.53. The van der Waals surface area contributed by atoms with Gasteiger partial charge in [0.05, 0.1) is 4.92 Å². The van der Waals surface area contributed by atoms with E-state index in [1.807, 2.05) is 19.1 Å². The molecule has 0 unspecified atom stereocenters. The Balaban J connectivity index is 2.06. The van der Waals surface area contributed by atoms with Crippen molar-refractivity contribution in [3.05, 3.63) is 69.5 Å². The van der Waals surface area contributed by atoms with Crippen LogP contribution in [0.25, 0.3) is 0 Å². The molecule has 0 aliphatic heterocycles. The highest BCUT2D eigenvalue weighted by molar-refractivity contribution is 5.65. The van der Waals surface area contributed by atoms with Gasteiger partial charge in [0.15, 0.2) is 0 Å². The molecule has 0 radical (unpaired) electrons. The first kappa shape index (κ1) is 14.0. The summed E-state index contributed by atoms with van der Waals surface area (Å²) in [6.45, 7) is 2.33. The molecule has 0 aliphatic carbocycles. The maximum atomic E-state index is 13.0. The van der Waals surface area contributed by atoms with E-state index in [-0.39, 0.29) is 11.5 Å². The molecule has 0 fully saturated rings. The molecule has 0 aromatic heterocycles. The van der Waals surface area contributed by atoms with E-state index in [0.29, 0.717) is 18.7 Å². The zero-order valence-electron chi connectivity index (χ0n) is 11.1. The lowest BCUT2D eigenvalue weighted by molar-refractivity contribution is -0.384. The van der Waals surface area contributed by atoms with Crippen LogP contribution in [0.1, 0.15) is 11.1 Å². The first-order chi connectivity index (χ1) is 9.58. The molecule has 4 nitrogen and oxygen atoms in total. The fourth-order valence-electron chi connectivity index (χ4n) is 2.06. The molecule has 104 valence electrons. The Labute approximate surface area is 116 Å². The number of halogens is 1. The van der Waals surface area contributed by atoms with E-state index in [1.54, 1.807) is 12.1 Å². The highest BCUT2D eigenvalue weighted by Gasteiger charge is 2.14. The number of nitrogens with one attached hydrogen (secondary N) is 1. The lowest BCUT2D eigenvalue weighted by Crippen LogP contribution is -2.08. The molecule has 2 aromatic rings. The van der Waals surface area contributed by atoms with Crippen molar-refractivity contribution >= 4 is 11.4 Å². The van der Waals surface area contributed by atoms with Crippen molar-refractivity contribution in [3.8, 4) is 0 Å². The van der Waals surface area contributed by atoms with Gasteiger partial charge in [-0.15, -0.1) is 0 Å². The predicted molar refractivity (Wildman–Crippen MR) is 76.4 cm³/mol. The molecule has 0 saturated heterocycles. The van der Waals surface area contributed by atoms with Gasteiger partial charge in [-0.2, -0.15) is 0 Å². The number of aryl methyl sites for hydroxylation is 1. The number of nitro groups is 1. The molecular weight excluding hydrogens is 259 g/mol. The topological polar surface area (TPSA) is 55.2 Å². The summed E-state index contributed by atoms with van der Waals surface area (Å²) in [5, 5.41) is 14.0. The van der Waals surface area contributed by atoms with E-state index < -0.39 is 4.92 Å². The third-order valence-electron chi connectivity index (χ3n) is 3.05. The second-order valence-corrected chi connectivity index (χ2v) is 4.53. The molecular formula is C15H15FN2O2. The van der Waals surface area contributed by atoms with Gasteiger partial charge in [0.2, 0.25) is 0 Å². The normalized spacial score (nSPS) is 10.3. The molecule has 0 atom stereocenters. The van der Waals surface area contributed by atoms with Crippen molar-refractivity contribution in [3.63, 3.8) is 0 Å². The number of hydrogen-bond acceptors (Lipinski definition) is 3. The van der Waals surface area contributed by atoms with E-state index in [1.165, 1.54) is 18.2 Å². The van der Waals surface area contributed by atoms with Gasteiger partial charge in [-0.3, -0.25) is 10.1 Å². The standard InChI is InChI=1S/C15H15FN2O2/c1-11-4-2-7-14(18(19)20)15(11)17-9-8-12-5-3-6-13(16)10-12/h2-7,10,17H,8-9H2,1H3. The Morgan fingerprint density at radius 2 is 2.00 bits per heavy atom. The molecule has 0 aliphatic rings. The van der Waals surface area contributed by atoms with E-state index in [2.05, 4.69) is 5.32 Å². The summed E-state index contributed by atoms with van der Waals surface area (Å²) in [4.78, 5) is 10.6. The van der Waals surface area contributed by atoms with Gasteiger partial charge in [-0.1, -0.05) is 24.3 Å². The highest BCUT2D eigenvalue weighted by atomic mass is 19.1. The van der Waals surface area contributed by atoms with Crippen molar-refractivity contribution in [1.82, 2.24) is 0 Å². The van der Waals surface area contributed by atoms with Crippen LogP contribution in [0.15, 0.2) is 42.5 Å². The zero-order chi connectivity index (χ0) is 14.5. The number of rotatable bonds is 5. The molecule has 5 heteroatoms. The van der Waals surface area contributed by atoms with Crippen molar-refractivity contribution in [2.45, 2.75) is 13.3 Å². The maximum absolute atomic E-state index is 13.0. The zero-order valence-corrected chi connectivity index (χ0v) is 11.1. The smallest absolute Gasteiger partial charge is 0.292 e. The summed E-state index contributed by atoms with van der Waals surface area (Å²) in [6, 6.07) is 11.3. The SMILES string of the molecule is Cc1cccc([N+](=O)[O-])c1NCCc1cccc(F)c1. The summed E-state index contributed by atoms with van der Waals surface area (Å²) in [7, 11) is 0. The van der Waals surface area contributed by atoms with Crippen LogP contribution in [0.5, 0.6) is 0 Å². The predicted octanol–water partition coefficient (Wildman–Crippen LogP) is 3.70. The lowest BCUT2D eigenvalue weighted by Gasteiger charge is -2.10. The first-order valence-electron chi connectivity index (χ1n) is 6.30. The largest absolute Gasteiger partial charge is 0.379 e. The fourth-order valence-corrected chi connectivity index (χ4v) is 2.06. The Morgan fingerprint density at radius 1 is 1.25 bits per heavy atom. The Kier molecular flexibility index (Phi) is 4.30. The van der Waals surface area contributed by atoms with Crippen molar-refractivity contribution in [2.24, 2.45) is 0 Å². The molecule has 2 rings (SSSR count). The highest BCUT2D eigenvalue weighted by Crippen LogP contribution is 2.27. The van der Waals surface area contributed by atoms with Gasteiger partial charge in [0.1, 0.15) is 11.5 Å². The molecule has 0 bridgehead atoms. The van der Waals surface area contributed by atoms with E-state index in [0.717, 1.165) is 11.1 Å². The number of anilines is 1. The lowest BCUT2D eigenvalue weighted by atomic mass is 10.1. The summed E-state index contributed by atoms with van der Waals surface area (Å²) in [6.07, 6.45) is 0.600. The minimum Gasteiger partial charge on any atom is -0.379 e. The van der Waals surface area contributed by atoms with E-state index in [4.69, 9.17) is 0 Å². The van der Waals surface area contributed by atoms with Crippen LogP contribution in [0.3, 0.4) is 0 Å². The van der Waals surface area contributed by atoms with Crippen LogP contribution in [0.2, 0.25) is 0 Å². The van der Waals surface area contributed by atoms with Gasteiger partial charge in [0, 0.05) is 12.6 Å². The molecule has 0 amide bonds. The van der Waals surface area contributed by atoms with Crippen molar-refractivity contribution in [1.29, 1.82) is 0 Å². The summed E-state index contributed by atoms with van der Waals surface area (Å²) in [5.74, 6) is -0.274. The summed E-state index contributed by atoms with van der Waals surface area (Å²) in [5.41, 5.74) is 2.25. The van der Waals surface area contributed by atoms with Gasteiger partial charge in [-0.05, 0) is 36.6 Å². The molecule has 20 heavy (non-hydrogen) atoms. The maximum Gasteiger partial charge on any atom is 0.292 e. The van der Waals surface area contributed by atoms with E-state index >= 15 is 0 Å². The number of nitro benzene ring substituents is 1. The second kappa shape index (κ2) is 6.14. The van der Waals surface area contributed by atoms with Crippen molar-refractivity contribution in [2.75, 3.05) is 11.9 Å². The van der Waals surface area contributed by atoms with Crippen LogP contribution in [-0.4, -0.2) is 11.5 Å². The fraction of sp³-hybridized carbons (Fsp3) is 0.200. The summed E-state index contributed by atoms with van der Waals surface area (Å²) < 4.78 is 13.0. The third-order valence-corrected chi connectivity index (χ3v) is 3.05. The Bertz CT molecular complexity index is 629. The monoisotopic (exact) mass is 274 g/mol. The van der Waals surface area contributed by atoms with E-state index in [9.17, 15) is 14.5 Å². The molecule has 0 saturated carbocycles. The third kappa shape index (κ3) is 3.32. The van der Waals surface area contributed by atoms with Gasteiger partial charge >= 0.3 is 0 Å². The average Bonchev–Trinajstić information content (AvgIpc) is 2.40. The molecule has 0 spiro atoms. The van der Waals surface area contributed by atoms with Crippen molar-refractivity contribution < 1.29 is 9.31 Å². The number of hydrogen-bond donors (Lipinski definition) is 1. The Hall–Kier alpha value is -2.43. The first-order valence-corrected chi connectivity index (χ1v) is 6.30. The molecule has 2 aromatic carbocycles. The minimum atomic E-state index is -0.405. The quantitative estimate of drug-likeness (QED) is 0.668. The molecule has 1 N–H and O–H groups in total.